The van der Waals surface area contributed by atoms with E-state index in [1.54, 1.807) is 0 Å². The van der Waals surface area contributed by atoms with E-state index in [0.717, 1.165) is 0 Å². The average molecular weight is 234 g/mol. The molecule has 0 aliphatic heterocycles. The first-order chi connectivity index (χ1) is 5.54. The number of hydrogen-bond donors (Lipinski definition) is 5. The van der Waals surface area contributed by atoms with E-state index in [1.807, 2.05) is 0 Å². The Morgan fingerprint density at radius 1 is 1.15 bits per heavy atom. The highest BCUT2D eigenvalue weighted by Crippen LogP contribution is 2.48. The van der Waals surface area contributed by atoms with Crippen LogP contribution in [0.3, 0.4) is 0 Å². The first-order valence-corrected chi connectivity index (χ1v) is 6.34. The zero-order chi connectivity index (χ0) is 10.9. The Bertz CT molecular complexity index is 284. The lowest BCUT2D eigenvalue weighted by Gasteiger charge is -2.14. The zero-order valence-corrected chi connectivity index (χ0v) is 7.93. The maximum atomic E-state index is 10.4. The summed E-state index contributed by atoms with van der Waals surface area (Å²) in [5.41, 5.74) is -2.35. The summed E-state index contributed by atoms with van der Waals surface area (Å²) in [7, 11) is -9.77. The molecule has 0 aliphatic rings. The average Bonchev–Trinajstić information content (AvgIpc) is 1.77. The van der Waals surface area contributed by atoms with Gasteiger partial charge in [-0.25, -0.2) is 0 Å². The molecule has 0 rings (SSSR count). The fourth-order valence-electron chi connectivity index (χ4n) is 0.554. The summed E-state index contributed by atoms with van der Waals surface area (Å²) in [6.45, 7) is 0. The summed E-state index contributed by atoms with van der Waals surface area (Å²) in [5.74, 6) is -1.93. The van der Waals surface area contributed by atoms with Gasteiger partial charge in [-0.1, -0.05) is 0 Å². The Labute approximate surface area is 72.5 Å². The van der Waals surface area contributed by atoms with Crippen LogP contribution >= 0.6 is 15.2 Å². The minimum atomic E-state index is -5.02. The van der Waals surface area contributed by atoms with Crippen LogP contribution in [-0.2, 0) is 13.9 Å². The van der Waals surface area contributed by atoms with Crippen molar-refractivity contribution >= 4 is 21.2 Å². The normalized spacial score (nSPS) is 15.4. The van der Waals surface area contributed by atoms with Gasteiger partial charge in [0.05, 0.1) is 6.16 Å². The Balaban J connectivity index is 4.77. The minimum Gasteiger partial charge on any atom is -0.481 e. The summed E-state index contributed by atoms with van der Waals surface area (Å²) in [6.07, 6.45) is -1.37. The third-order valence-corrected chi connectivity index (χ3v) is 3.45. The molecule has 0 heterocycles. The van der Waals surface area contributed by atoms with E-state index in [2.05, 4.69) is 0 Å². The van der Waals surface area contributed by atoms with Gasteiger partial charge in [-0.2, -0.15) is 0 Å². The van der Waals surface area contributed by atoms with Crippen LogP contribution in [0.5, 0.6) is 0 Å². The van der Waals surface area contributed by atoms with Crippen LogP contribution < -0.4 is 0 Å². The molecule has 0 saturated carbocycles. The molecule has 0 bridgehead atoms. The van der Waals surface area contributed by atoms with Gasteiger partial charge in [0.25, 0.3) is 0 Å². The number of carboxylic acid groups (broad SMARTS) is 1. The van der Waals surface area contributed by atoms with Crippen molar-refractivity contribution < 1.29 is 38.6 Å². The summed E-state index contributed by atoms with van der Waals surface area (Å²) >= 11 is 0. The molecule has 78 valence electrons. The Hall–Kier alpha value is -0.230. The van der Waals surface area contributed by atoms with Crippen LogP contribution in [0.2, 0.25) is 0 Å². The molecule has 0 aromatic rings. The van der Waals surface area contributed by atoms with Crippen LogP contribution in [0.1, 0.15) is 0 Å². The van der Waals surface area contributed by atoms with Crippen LogP contribution in [0.4, 0.5) is 0 Å². The van der Waals surface area contributed by atoms with Crippen LogP contribution in [0, 0.1) is 0 Å². The van der Waals surface area contributed by atoms with Gasteiger partial charge >= 0.3 is 21.2 Å². The molecular weight excluding hydrogens is 226 g/mol. The third kappa shape index (κ3) is 5.15. The van der Waals surface area contributed by atoms with Gasteiger partial charge in [0.1, 0.15) is 0 Å². The van der Waals surface area contributed by atoms with Gasteiger partial charge in [0.2, 0.25) is 0 Å². The van der Waals surface area contributed by atoms with Gasteiger partial charge < -0.3 is 24.7 Å². The molecule has 0 spiro atoms. The number of aliphatic carboxylic acids is 1. The Morgan fingerprint density at radius 2 is 1.54 bits per heavy atom. The lowest BCUT2D eigenvalue weighted by atomic mass is 10.5. The van der Waals surface area contributed by atoms with Gasteiger partial charge in [-0.05, 0) is 0 Å². The molecule has 0 aromatic carbocycles. The topological polar surface area (TPSA) is 152 Å². The van der Waals surface area contributed by atoms with Gasteiger partial charge in [-0.15, -0.1) is 0 Å². The van der Waals surface area contributed by atoms with Crippen LogP contribution in [0.15, 0.2) is 0 Å². The summed E-state index contributed by atoms with van der Waals surface area (Å²) < 4.78 is 20.7. The summed E-state index contributed by atoms with van der Waals surface area (Å²) in [5, 5.41) is 8.24. The van der Waals surface area contributed by atoms with E-state index in [9.17, 15) is 13.9 Å². The molecule has 10 heteroatoms. The molecule has 8 nitrogen and oxygen atoms in total. The molecule has 0 amide bonds. The van der Waals surface area contributed by atoms with Crippen LogP contribution in [-0.4, -0.2) is 42.5 Å². The van der Waals surface area contributed by atoms with Gasteiger partial charge in [0, 0.05) is 0 Å². The molecule has 0 fully saturated rings. The zero-order valence-electron chi connectivity index (χ0n) is 6.14. The predicted octanol–water partition coefficient (Wildman–Crippen LogP) is -1.21. The Morgan fingerprint density at radius 3 is 1.62 bits per heavy atom. The molecule has 5 N–H and O–H groups in total. The molecule has 0 aliphatic carbocycles. The SMILES string of the molecule is O=C(O)C(CP(=O)(O)O)P(=O)(O)O. The second kappa shape index (κ2) is 3.88. The molecule has 0 aromatic heterocycles. The van der Waals surface area contributed by atoms with E-state index in [4.69, 9.17) is 24.7 Å². The van der Waals surface area contributed by atoms with E-state index in [-0.39, 0.29) is 0 Å². The van der Waals surface area contributed by atoms with Crippen molar-refractivity contribution in [3.8, 4) is 0 Å². The number of carboxylic acids is 1. The highest BCUT2D eigenvalue weighted by Gasteiger charge is 2.40. The first-order valence-electron chi connectivity index (χ1n) is 2.86. The van der Waals surface area contributed by atoms with Gasteiger partial charge in [-0.3, -0.25) is 13.9 Å². The van der Waals surface area contributed by atoms with Crippen LogP contribution in [0.25, 0.3) is 0 Å². The van der Waals surface area contributed by atoms with Gasteiger partial charge in [0.15, 0.2) is 5.66 Å². The maximum absolute atomic E-state index is 10.4. The highest BCUT2D eigenvalue weighted by molar-refractivity contribution is 7.57. The number of carbonyl (C=O) groups is 1. The first kappa shape index (κ1) is 12.8. The minimum absolute atomic E-state index is 1.37. The molecule has 0 saturated heterocycles. The van der Waals surface area contributed by atoms with Crippen molar-refractivity contribution in [3.63, 3.8) is 0 Å². The lowest BCUT2D eigenvalue weighted by Crippen LogP contribution is -2.24. The monoisotopic (exact) mass is 234 g/mol. The Kier molecular flexibility index (Phi) is 3.81. The molecule has 13 heavy (non-hydrogen) atoms. The fourth-order valence-corrected chi connectivity index (χ4v) is 2.94. The van der Waals surface area contributed by atoms with E-state index in [1.165, 1.54) is 0 Å². The predicted molar refractivity (Wildman–Crippen MR) is 40.4 cm³/mol. The second-order valence-electron chi connectivity index (χ2n) is 2.29. The largest absolute Gasteiger partial charge is 0.481 e. The van der Waals surface area contributed by atoms with Crippen molar-refractivity contribution in [1.29, 1.82) is 0 Å². The quantitative estimate of drug-likeness (QED) is 0.380. The van der Waals surface area contributed by atoms with Crippen molar-refractivity contribution in [2.45, 2.75) is 5.66 Å². The van der Waals surface area contributed by atoms with E-state index in [0.29, 0.717) is 0 Å². The van der Waals surface area contributed by atoms with E-state index < -0.39 is 33.0 Å². The number of hydrogen-bond acceptors (Lipinski definition) is 3. The molecule has 0 radical (unpaired) electrons. The second-order valence-corrected chi connectivity index (χ2v) is 5.79. The number of rotatable bonds is 4. The van der Waals surface area contributed by atoms with Crippen molar-refractivity contribution in [1.82, 2.24) is 0 Å². The van der Waals surface area contributed by atoms with Crippen molar-refractivity contribution in [3.05, 3.63) is 0 Å². The molecule has 1 unspecified atom stereocenters. The summed E-state index contributed by atoms with van der Waals surface area (Å²) in [4.78, 5) is 43.6. The fraction of sp³-hybridized carbons (Fsp3) is 0.667. The van der Waals surface area contributed by atoms with Crippen molar-refractivity contribution in [2.75, 3.05) is 6.16 Å². The standard InChI is InChI=1S/C3H8O8P2/c4-3(5)2(13(9,10)11)1-12(6,7)8/h2H,1H2,(H,4,5)(H2,6,7,8)(H2,9,10,11). The summed E-state index contributed by atoms with van der Waals surface area (Å²) in [6, 6.07) is 0. The molecular formula is C3H8O8P2. The lowest BCUT2D eigenvalue weighted by molar-refractivity contribution is -0.136. The van der Waals surface area contributed by atoms with Crippen molar-refractivity contribution in [2.24, 2.45) is 0 Å². The smallest absolute Gasteiger partial charge is 0.340 e. The highest BCUT2D eigenvalue weighted by atomic mass is 31.2. The molecule has 1 atom stereocenters. The van der Waals surface area contributed by atoms with E-state index >= 15 is 0 Å². The third-order valence-electron chi connectivity index (χ3n) is 1.10. The maximum Gasteiger partial charge on any atom is 0.340 e.